The second-order valence-electron chi connectivity index (χ2n) is 7.87. The largest absolute Gasteiger partial charge is 0.494 e. The quantitative estimate of drug-likeness (QED) is 0.630. The van der Waals surface area contributed by atoms with Gasteiger partial charge in [-0.15, -0.1) is 0 Å². The van der Waals surface area contributed by atoms with Gasteiger partial charge in [0.2, 0.25) is 5.78 Å². The van der Waals surface area contributed by atoms with Gasteiger partial charge in [0.15, 0.2) is 0 Å². The highest BCUT2D eigenvalue weighted by molar-refractivity contribution is 7.98. The van der Waals surface area contributed by atoms with E-state index in [0.29, 0.717) is 23.8 Å². The maximum atomic E-state index is 13.0. The van der Waals surface area contributed by atoms with Crippen molar-refractivity contribution in [2.45, 2.75) is 23.8 Å². The first-order valence-electron chi connectivity index (χ1n) is 9.37. The number of aromatic nitrogens is 3. The fraction of sp³-hybridized carbons (Fsp3) is 0.444. The van der Waals surface area contributed by atoms with Gasteiger partial charge in [0.25, 0.3) is 0 Å². The number of nitrogens with zero attached hydrogens (tertiary/aromatic N) is 4. The average molecular weight is 384 g/mol. The highest BCUT2D eigenvalue weighted by atomic mass is 32.2. The Kier molecular flexibility index (Phi) is 4.97. The minimum absolute atomic E-state index is 0.293. The first kappa shape index (κ1) is 18.5. The second kappa shape index (κ2) is 7.26. The Hall–Kier alpha value is -1.89. The van der Waals surface area contributed by atoms with Gasteiger partial charge in [-0.25, -0.2) is 4.98 Å². The molecule has 0 aliphatic carbocycles. The number of piperidine rings is 1. The van der Waals surface area contributed by atoms with Crippen LogP contribution in [0.4, 0.5) is 9.70 Å². The van der Waals surface area contributed by atoms with Crippen molar-refractivity contribution in [3.05, 3.63) is 30.5 Å². The fourth-order valence-corrected chi connectivity index (χ4v) is 4.34. The predicted octanol–water partition coefficient (Wildman–Crippen LogP) is 2.04. The summed E-state index contributed by atoms with van der Waals surface area (Å²) in [5.41, 5.74) is 1.82. The van der Waals surface area contributed by atoms with E-state index in [9.17, 15) is 3.89 Å². The lowest BCUT2D eigenvalue weighted by molar-refractivity contribution is 0.384. The van der Waals surface area contributed by atoms with Crippen molar-refractivity contribution in [2.24, 2.45) is 5.92 Å². The highest BCUT2D eigenvalue weighted by Crippen LogP contribution is 2.33. The van der Waals surface area contributed by atoms with Gasteiger partial charge in [0.1, 0.15) is 32.8 Å². The van der Waals surface area contributed by atoms with Crippen LogP contribution in [0.1, 0.15) is 19.3 Å². The molecule has 0 saturated carbocycles. The molecule has 140 valence electrons. The van der Waals surface area contributed by atoms with Crippen LogP contribution in [0.5, 0.6) is 5.75 Å². The summed E-state index contributed by atoms with van der Waals surface area (Å²) in [6.07, 6.45) is 5.08. The van der Waals surface area contributed by atoms with E-state index in [-0.39, 0.29) is 4.55 Å². The van der Waals surface area contributed by atoms with Gasteiger partial charge < -0.3 is 9.64 Å². The number of hydrogen-bond donors (Lipinski definition) is 0. The van der Waals surface area contributed by atoms with E-state index in [0.717, 1.165) is 55.0 Å². The van der Waals surface area contributed by atoms with Crippen LogP contribution in [0.25, 0.3) is 16.8 Å². The Morgan fingerprint density at radius 3 is 2.74 bits per heavy atom. The topological polar surface area (TPSA) is 42.7 Å². The second-order valence-corrected chi connectivity index (χ2v) is 9.13. The Morgan fingerprint density at radius 1 is 1.26 bits per heavy atom. The molecule has 1 aliphatic heterocycles. The Morgan fingerprint density at radius 2 is 2.04 bits per heavy atom. The van der Waals surface area contributed by atoms with E-state index in [1.807, 2.05) is 50.6 Å². The molecule has 0 unspecified atom stereocenters. The molecule has 0 N–H and O–H groups in total. The summed E-state index contributed by atoms with van der Waals surface area (Å²) in [6, 6.07) is 7.90. The molecule has 4 rings (SSSR count). The first-order valence-corrected chi connectivity index (χ1v) is 10.1. The third-order valence-corrected chi connectivity index (χ3v) is 5.97. The number of benzene rings is 1. The van der Waals surface area contributed by atoms with E-state index < -0.39 is 0 Å². The molecule has 1 aromatic carbocycles. The zero-order valence-electron chi connectivity index (χ0n) is 16.0. The molecule has 0 atom stereocenters. The van der Waals surface area contributed by atoms with Crippen molar-refractivity contribution >= 4 is 50.5 Å². The lowest BCUT2D eigenvalue weighted by Gasteiger charge is -2.35. The summed E-state index contributed by atoms with van der Waals surface area (Å²) >= 11 is 0.477. The molecule has 0 radical (unpaired) electrons. The summed E-state index contributed by atoms with van der Waals surface area (Å²) in [5.74, 6) is 3.00. The third-order valence-electron chi connectivity index (χ3n) is 5.39. The number of anilines is 1. The van der Waals surface area contributed by atoms with Crippen molar-refractivity contribution in [2.75, 3.05) is 25.1 Å². The van der Waals surface area contributed by atoms with E-state index in [1.165, 1.54) is 0 Å². The summed E-state index contributed by atoms with van der Waals surface area (Å²) in [7, 11) is 5.64. The van der Waals surface area contributed by atoms with Crippen LogP contribution in [0, 0.1) is 5.92 Å². The smallest absolute Gasteiger partial charge is 0.236 e. The average Bonchev–Trinajstić information content (AvgIpc) is 3.06. The Labute approximate surface area is 164 Å². The molecule has 2 aromatic heterocycles. The van der Waals surface area contributed by atoms with Crippen molar-refractivity contribution in [3.8, 4) is 5.75 Å². The number of halogens is 1. The van der Waals surface area contributed by atoms with Crippen LogP contribution in [-0.4, -0.2) is 54.8 Å². The van der Waals surface area contributed by atoms with E-state index >= 15 is 0 Å². The van der Waals surface area contributed by atoms with E-state index in [1.54, 1.807) is 7.11 Å². The molecule has 3 aromatic rings. The number of para-hydroxylation sites is 1. The van der Waals surface area contributed by atoms with Crippen LogP contribution < -0.4 is 9.64 Å². The van der Waals surface area contributed by atoms with Crippen molar-refractivity contribution in [3.63, 3.8) is 0 Å². The normalized spacial score (nSPS) is 16.3. The maximum Gasteiger partial charge on any atom is 0.236 e. The summed E-state index contributed by atoms with van der Waals surface area (Å²) in [5, 5.41) is 0. The van der Waals surface area contributed by atoms with Crippen LogP contribution >= 0.6 is 12.1 Å². The number of methoxy groups -OCH3 is 1. The van der Waals surface area contributed by atoms with Crippen molar-refractivity contribution < 1.29 is 8.62 Å². The van der Waals surface area contributed by atoms with Gasteiger partial charge in [-0.05, 0) is 47.9 Å². The van der Waals surface area contributed by atoms with Gasteiger partial charge in [-0.3, -0.25) is 4.40 Å². The number of hydrogen-bond acceptors (Lipinski definition) is 5. The van der Waals surface area contributed by atoms with Crippen LogP contribution in [0.2, 0.25) is 0 Å². The van der Waals surface area contributed by atoms with Gasteiger partial charge >= 0.3 is 0 Å². The summed E-state index contributed by atoms with van der Waals surface area (Å²) in [6.45, 7) is 1.90. The molecular weight excluding hydrogens is 361 g/mol. The molecule has 1 aliphatic rings. The minimum Gasteiger partial charge on any atom is -0.494 e. The molecule has 1 fully saturated rings. The molecule has 0 amide bonds. The van der Waals surface area contributed by atoms with Gasteiger partial charge in [0, 0.05) is 31.4 Å². The molecular formula is C18H23B2FN4OS. The lowest BCUT2D eigenvalue weighted by Crippen LogP contribution is -2.37. The number of rotatable bonds is 5. The summed E-state index contributed by atoms with van der Waals surface area (Å²) < 4.78 is 20.2. The van der Waals surface area contributed by atoms with Crippen LogP contribution in [0.3, 0.4) is 0 Å². The zero-order valence-corrected chi connectivity index (χ0v) is 16.8. The van der Waals surface area contributed by atoms with Crippen molar-refractivity contribution in [1.29, 1.82) is 0 Å². The monoisotopic (exact) mass is 384 g/mol. The molecule has 9 heteroatoms. The molecule has 5 nitrogen and oxygen atoms in total. The first-order chi connectivity index (χ1) is 13.0. The number of ether oxygens (including phenoxy) is 1. The highest BCUT2D eigenvalue weighted by Gasteiger charge is 2.28. The summed E-state index contributed by atoms with van der Waals surface area (Å²) in [4.78, 5) is 11.7. The van der Waals surface area contributed by atoms with Gasteiger partial charge in [-0.1, -0.05) is 6.07 Å². The fourth-order valence-electron chi connectivity index (χ4n) is 4.04. The van der Waals surface area contributed by atoms with Gasteiger partial charge in [-0.2, -0.15) is 8.87 Å². The molecule has 0 spiro atoms. The zero-order chi connectivity index (χ0) is 19.0. The SMILES string of the molecule is BC(B)(CC1CCN(c2ccn3c(n2)nc2cccc(OC)c23)CC1)SF. The number of imidazole rings is 1. The minimum atomic E-state index is -0.293. The van der Waals surface area contributed by atoms with E-state index in [4.69, 9.17) is 9.72 Å². The van der Waals surface area contributed by atoms with E-state index in [2.05, 4.69) is 9.88 Å². The molecule has 0 bridgehead atoms. The third kappa shape index (κ3) is 3.61. The van der Waals surface area contributed by atoms with Crippen molar-refractivity contribution in [1.82, 2.24) is 14.4 Å². The number of fused-ring (bicyclic) bond motifs is 3. The maximum absolute atomic E-state index is 13.0. The predicted molar refractivity (Wildman–Crippen MR) is 115 cm³/mol. The van der Waals surface area contributed by atoms with Gasteiger partial charge in [0.05, 0.1) is 12.6 Å². The Balaban J connectivity index is 1.54. The Bertz CT molecular complexity index is 959. The molecule has 1 saturated heterocycles. The lowest BCUT2D eigenvalue weighted by atomic mass is 9.64. The molecule has 3 heterocycles. The molecule has 27 heavy (non-hydrogen) atoms. The standard InChI is InChI=1S/C18H23B2FN4OS/c1-26-14-4-2-3-13-16(14)25-10-7-15(23-17(25)22-13)24-8-5-12(6-9-24)11-18(19,20)27-21/h2-4,7,10,12H,5-6,8-9,11,19-20H2,1H3. The van der Waals surface area contributed by atoms with Crippen LogP contribution in [0.15, 0.2) is 30.5 Å². The van der Waals surface area contributed by atoms with Crippen LogP contribution in [-0.2, 0) is 0 Å².